The van der Waals surface area contributed by atoms with Crippen molar-refractivity contribution in [1.29, 1.82) is 0 Å². The molecule has 0 rings (SSSR count). The van der Waals surface area contributed by atoms with Gasteiger partial charge in [-0.15, -0.1) is 0 Å². The average molecular weight is 416 g/mol. The van der Waals surface area contributed by atoms with Crippen LogP contribution in [0.25, 0.3) is 0 Å². The van der Waals surface area contributed by atoms with Gasteiger partial charge in [-0.3, -0.25) is 0 Å². The Morgan fingerprint density at radius 3 is 0.833 bits per heavy atom. The van der Waals surface area contributed by atoms with E-state index in [2.05, 4.69) is 48.1 Å². The van der Waals surface area contributed by atoms with Gasteiger partial charge in [0, 0.05) is 0 Å². The van der Waals surface area contributed by atoms with E-state index >= 15 is 0 Å². The molecule has 0 aromatic heterocycles. The molecule has 0 aliphatic carbocycles. The SMILES string of the molecule is [Mo+4].[O-]P([O-])(=S)[S-].[O-]P([O-])(=S)[S-].[Zn+2]. The largest absolute Gasteiger partial charge is 4.00 e. The van der Waals surface area contributed by atoms with Crippen LogP contribution in [0.5, 0.6) is 0 Å². The minimum absolute atomic E-state index is 0. The van der Waals surface area contributed by atoms with Gasteiger partial charge in [-0.1, -0.05) is 0 Å². The molecule has 12 heavy (non-hydrogen) atoms. The molecule has 0 saturated heterocycles. The monoisotopic (exact) mass is 416 g/mol. The number of rotatable bonds is 0. The van der Waals surface area contributed by atoms with Crippen molar-refractivity contribution in [3.63, 3.8) is 0 Å². The predicted molar refractivity (Wildman–Crippen MR) is 43.3 cm³/mol. The van der Waals surface area contributed by atoms with Crippen LogP contribution in [-0.2, 0) is 88.7 Å². The van der Waals surface area contributed by atoms with E-state index in [1.54, 1.807) is 0 Å². The van der Waals surface area contributed by atoms with Crippen molar-refractivity contribution in [3.05, 3.63) is 0 Å². The molecule has 0 unspecified atom stereocenters. The van der Waals surface area contributed by atoms with Crippen molar-refractivity contribution >= 4 is 59.5 Å². The van der Waals surface area contributed by atoms with Gasteiger partial charge in [0.25, 0.3) is 0 Å². The molecule has 0 atom stereocenters. The molecule has 0 amide bonds. The van der Waals surface area contributed by atoms with E-state index in [0.717, 1.165) is 0 Å². The Balaban J connectivity index is -0.0000000457. The molecule has 0 aromatic carbocycles. The zero-order valence-corrected chi connectivity index (χ0v) is 15.3. The van der Waals surface area contributed by atoms with Crippen LogP contribution < -0.4 is 19.6 Å². The van der Waals surface area contributed by atoms with Gasteiger partial charge in [-0.05, 0) is 0 Å². The first-order valence-corrected chi connectivity index (χ1v) is 8.76. The zero-order chi connectivity index (χ0) is 9.00. The summed E-state index contributed by atoms with van der Waals surface area (Å²) < 4.78 is 0. The van der Waals surface area contributed by atoms with Gasteiger partial charge in [0.15, 0.2) is 0 Å². The first kappa shape index (κ1) is 24.4. The molecule has 0 aliphatic rings. The van der Waals surface area contributed by atoms with Crippen LogP contribution in [0.3, 0.4) is 0 Å². The van der Waals surface area contributed by atoms with Crippen molar-refractivity contribution in [1.82, 2.24) is 0 Å². The summed E-state index contributed by atoms with van der Waals surface area (Å²) in [6, 6.07) is 0. The number of hydrogen-bond donors (Lipinski definition) is 0. The molecule has 0 aliphatic heterocycles. The molecule has 4 nitrogen and oxygen atoms in total. The quantitative estimate of drug-likeness (QED) is 0.234. The molecule has 0 fully saturated rings. The van der Waals surface area contributed by atoms with Gasteiger partial charge < -0.3 is 55.5 Å². The second-order valence-electron chi connectivity index (χ2n) is 0.894. The third-order valence-electron chi connectivity index (χ3n) is 0. The summed E-state index contributed by atoms with van der Waals surface area (Å²) in [4.78, 5) is 37.2. The van der Waals surface area contributed by atoms with Gasteiger partial charge in [0.2, 0.25) is 0 Å². The minimum Gasteiger partial charge on any atom is -0.850 e. The fourth-order valence-corrected chi connectivity index (χ4v) is 0. The van der Waals surface area contributed by atoms with Crippen molar-refractivity contribution < 1.29 is 60.1 Å². The molecule has 0 spiro atoms. The van der Waals surface area contributed by atoms with Crippen LogP contribution in [-0.4, -0.2) is 0 Å². The third kappa shape index (κ3) is 196. The summed E-state index contributed by atoms with van der Waals surface area (Å²) in [7, 11) is 0. The molecule has 0 bridgehead atoms. The molecular formula is MoO4P2S4Zn. The van der Waals surface area contributed by atoms with Gasteiger partial charge in [-0.2, -0.15) is 23.6 Å². The van der Waals surface area contributed by atoms with E-state index in [-0.39, 0.29) is 40.5 Å². The molecule has 66 valence electrons. The van der Waals surface area contributed by atoms with Gasteiger partial charge >= 0.3 is 40.5 Å². The van der Waals surface area contributed by atoms with E-state index in [0.29, 0.717) is 0 Å². The summed E-state index contributed by atoms with van der Waals surface area (Å²) in [5.41, 5.74) is -7.44. The van der Waals surface area contributed by atoms with E-state index in [4.69, 9.17) is 0 Å². The Hall–Kier alpha value is 3.15. The van der Waals surface area contributed by atoms with Crippen LogP contribution in [0.15, 0.2) is 0 Å². The fourth-order valence-electron chi connectivity index (χ4n) is 0. The van der Waals surface area contributed by atoms with Crippen LogP contribution in [0.2, 0.25) is 0 Å². The van der Waals surface area contributed by atoms with E-state index in [9.17, 15) is 19.6 Å². The summed E-state index contributed by atoms with van der Waals surface area (Å²) in [5.74, 6) is 0. The summed E-state index contributed by atoms with van der Waals surface area (Å²) >= 11 is 14.6. The maximum Gasteiger partial charge on any atom is 4.00 e. The molecule has 0 radical (unpaired) electrons. The second-order valence-corrected chi connectivity index (χ2v) is 9.84. The summed E-state index contributed by atoms with van der Waals surface area (Å²) in [5, 5.41) is 0. The van der Waals surface area contributed by atoms with Gasteiger partial charge in [0.1, 0.15) is 0 Å². The van der Waals surface area contributed by atoms with Crippen molar-refractivity contribution in [3.8, 4) is 0 Å². The van der Waals surface area contributed by atoms with Crippen molar-refractivity contribution in [2.75, 3.05) is 0 Å². The normalized spacial score (nSPS) is 9.83. The Labute approximate surface area is 118 Å². The van der Waals surface area contributed by atoms with E-state index in [1.807, 2.05) is 0 Å². The molecule has 0 aromatic rings. The maximum atomic E-state index is 9.29. The maximum absolute atomic E-state index is 9.29. The topological polar surface area (TPSA) is 92.2 Å². The first-order chi connectivity index (χ1) is 4.00. The second kappa shape index (κ2) is 10.7. The minimum atomic E-state index is -3.72. The average Bonchev–Trinajstić information content (AvgIpc) is 1.12. The van der Waals surface area contributed by atoms with Crippen LogP contribution in [0.4, 0.5) is 0 Å². The Kier molecular flexibility index (Phi) is 21.7. The van der Waals surface area contributed by atoms with Crippen LogP contribution in [0, 0.1) is 0 Å². The molecular weight excluding hydrogens is 416 g/mol. The van der Waals surface area contributed by atoms with Gasteiger partial charge in [-0.25, -0.2) is 0 Å². The first-order valence-electron chi connectivity index (χ1n) is 1.46. The Morgan fingerprint density at radius 1 is 0.833 bits per heavy atom. The van der Waals surface area contributed by atoms with E-state index in [1.165, 1.54) is 0 Å². The zero-order valence-electron chi connectivity index (χ0n) is 5.28. The number of hydrogen-bond acceptors (Lipinski definition) is 8. The third-order valence-corrected chi connectivity index (χ3v) is 0. The fraction of sp³-hybridized carbons (Fsp3) is 0. The van der Waals surface area contributed by atoms with E-state index < -0.39 is 11.4 Å². The Bertz CT molecular complexity index is 137. The molecule has 12 heteroatoms. The van der Waals surface area contributed by atoms with Gasteiger partial charge in [0.05, 0.1) is 0 Å². The summed E-state index contributed by atoms with van der Waals surface area (Å²) in [6.45, 7) is 0. The molecule has 0 N–H and O–H groups in total. The van der Waals surface area contributed by atoms with Crippen molar-refractivity contribution in [2.24, 2.45) is 0 Å². The van der Waals surface area contributed by atoms with Crippen molar-refractivity contribution in [2.45, 2.75) is 0 Å². The summed E-state index contributed by atoms with van der Waals surface area (Å²) in [6.07, 6.45) is 0. The predicted octanol–water partition coefficient (Wildman–Crippen LogP) is -3.05. The molecule has 0 saturated carbocycles. The molecule has 0 heterocycles. The van der Waals surface area contributed by atoms with Crippen LogP contribution >= 0.6 is 11.4 Å². The smallest absolute Gasteiger partial charge is 0.850 e. The standard InChI is InChI=1S/Mo.2H3O2PS2.Zn/c;2*1-3(2,4)5;/h;2*(H3,1,2,4,5);/q+4;;;+2/p-6. The van der Waals surface area contributed by atoms with Crippen LogP contribution in [0.1, 0.15) is 0 Å². The Morgan fingerprint density at radius 2 is 0.833 bits per heavy atom.